The maximum absolute atomic E-state index is 10.6. The van der Waals surface area contributed by atoms with Crippen molar-refractivity contribution in [2.45, 2.75) is 41.0 Å². The minimum absolute atomic E-state index is 0.0965. The lowest BCUT2D eigenvalue weighted by molar-refractivity contribution is -0.425. The molecule has 0 aliphatic carbocycles. The summed E-state index contributed by atoms with van der Waals surface area (Å²) in [5.41, 5.74) is 0.632. The van der Waals surface area contributed by atoms with Crippen LogP contribution < -0.4 is 0 Å². The normalized spacial score (nSPS) is 11.9. The van der Waals surface area contributed by atoms with E-state index in [0.29, 0.717) is 17.9 Å². The van der Waals surface area contributed by atoms with Crippen molar-refractivity contribution < 1.29 is 9.66 Å². The highest BCUT2D eigenvalue weighted by molar-refractivity contribution is 5.28. The molecule has 0 saturated carbocycles. The number of hydrogen-bond donors (Lipinski definition) is 0. The molecule has 4 nitrogen and oxygen atoms in total. The van der Waals surface area contributed by atoms with E-state index < -0.39 is 4.92 Å². The smallest absolute Gasteiger partial charge is 0.249 e. The number of nitrogens with zero attached hydrogens (tertiary/aromatic N) is 1. The van der Waals surface area contributed by atoms with Gasteiger partial charge in [-0.3, -0.25) is 10.1 Å². The van der Waals surface area contributed by atoms with Crippen molar-refractivity contribution in [3.8, 4) is 0 Å². The Kier molecular flexibility index (Phi) is 11.4. The van der Waals surface area contributed by atoms with Crippen LogP contribution in [0.15, 0.2) is 35.8 Å². The first-order chi connectivity index (χ1) is 8.04. The molecule has 4 heteroatoms. The highest BCUT2D eigenvalue weighted by Gasteiger charge is 2.12. The van der Waals surface area contributed by atoms with Crippen molar-refractivity contribution in [3.63, 3.8) is 0 Å². The third-order valence-corrected chi connectivity index (χ3v) is 1.92. The Morgan fingerprint density at radius 3 is 2.29 bits per heavy atom. The predicted molar refractivity (Wildman–Crippen MR) is 71.2 cm³/mol. The lowest BCUT2D eigenvalue weighted by Gasteiger charge is -2.09. The predicted octanol–water partition coefficient (Wildman–Crippen LogP) is 4.08. The molecule has 0 aromatic heterocycles. The minimum atomic E-state index is -0.415. The summed E-state index contributed by atoms with van der Waals surface area (Å²) >= 11 is 0. The molecule has 0 fully saturated rings. The molecule has 0 rings (SSSR count). The fourth-order valence-electron chi connectivity index (χ4n) is 0.916. The summed E-state index contributed by atoms with van der Waals surface area (Å²) in [5.74, 6) is 0.515. The van der Waals surface area contributed by atoms with Gasteiger partial charge < -0.3 is 4.74 Å². The van der Waals surface area contributed by atoms with E-state index in [1.54, 1.807) is 19.1 Å². The summed E-state index contributed by atoms with van der Waals surface area (Å²) in [6.07, 6.45) is 4.05. The highest BCUT2D eigenvalue weighted by Crippen LogP contribution is 2.16. The number of nitro groups is 1. The van der Waals surface area contributed by atoms with Crippen molar-refractivity contribution in [3.05, 3.63) is 45.9 Å². The maximum Gasteiger partial charge on any atom is 0.249 e. The van der Waals surface area contributed by atoms with Crippen LogP contribution >= 0.6 is 0 Å². The molecular weight excluding hydrogens is 218 g/mol. The van der Waals surface area contributed by atoms with Crippen molar-refractivity contribution in [1.82, 2.24) is 0 Å². The van der Waals surface area contributed by atoms with E-state index in [9.17, 15) is 10.1 Å². The second kappa shape index (κ2) is 10.9. The monoisotopic (exact) mass is 241 g/mol. The van der Waals surface area contributed by atoms with Crippen LogP contribution in [0.5, 0.6) is 0 Å². The molecule has 0 radical (unpaired) electrons. The second-order valence-corrected chi connectivity index (χ2v) is 3.08. The van der Waals surface area contributed by atoms with Crippen LogP contribution in [0, 0.1) is 10.1 Å². The molecule has 0 aliphatic heterocycles. The molecule has 0 aliphatic rings. The lowest BCUT2D eigenvalue weighted by atomic mass is 10.2. The van der Waals surface area contributed by atoms with E-state index in [4.69, 9.17) is 4.74 Å². The van der Waals surface area contributed by atoms with Gasteiger partial charge in [-0.15, -0.1) is 0 Å². The third-order valence-electron chi connectivity index (χ3n) is 1.92. The van der Waals surface area contributed by atoms with E-state index in [0.717, 1.165) is 6.42 Å². The SMILES string of the molecule is C=C/C=C(OCCC)\C(C)=C(/C)[N+](=O)[O-].CC. The molecule has 0 saturated heterocycles. The van der Waals surface area contributed by atoms with Crippen LogP contribution in [0.4, 0.5) is 0 Å². The van der Waals surface area contributed by atoms with Gasteiger partial charge in [-0.05, 0) is 19.4 Å². The molecular formula is C13H23NO3. The summed E-state index contributed by atoms with van der Waals surface area (Å²) < 4.78 is 5.39. The van der Waals surface area contributed by atoms with Gasteiger partial charge in [0.05, 0.1) is 17.1 Å². The summed E-state index contributed by atoms with van der Waals surface area (Å²) in [4.78, 5) is 10.1. The van der Waals surface area contributed by atoms with Gasteiger partial charge >= 0.3 is 0 Å². The number of allylic oxidation sites excluding steroid dienone is 4. The fraction of sp³-hybridized carbons (Fsp3) is 0.538. The second-order valence-electron chi connectivity index (χ2n) is 3.08. The highest BCUT2D eigenvalue weighted by atomic mass is 16.6. The molecule has 0 heterocycles. The molecule has 0 bridgehead atoms. The number of rotatable bonds is 6. The van der Waals surface area contributed by atoms with Gasteiger partial charge in [0.1, 0.15) is 5.76 Å². The molecule has 0 atom stereocenters. The van der Waals surface area contributed by atoms with Crippen molar-refractivity contribution >= 4 is 0 Å². The standard InChI is InChI=1S/C11H17NO3.C2H6/c1-5-7-11(15-8-6-2)9(3)10(4)12(13)14;1-2/h5,7H,1,6,8H2,2-4H3;1-2H3/b10-9+,11-7+;. The summed E-state index contributed by atoms with van der Waals surface area (Å²) in [6.45, 7) is 13.2. The van der Waals surface area contributed by atoms with E-state index in [2.05, 4.69) is 6.58 Å². The Hall–Kier alpha value is -1.58. The van der Waals surface area contributed by atoms with Gasteiger partial charge in [0.2, 0.25) is 5.70 Å². The molecule has 17 heavy (non-hydrogen) atoms. The first-order valence-corrected chi connectivity index (χ1v) is 5.82. The van der Waals surface area contributed by atoms with Gasteiger partial charge in [0.15, 0.2) is 0 Å². The summed E-state index contributed by atoms with van der Waals surface area (Å²) in [6, 6.07) is 0. The quantitative estimate of drug-likeness (QED) is 0.305. The van der Waals surface area contributed by atoms with E-state index in [1.165, 1.54) is 6.92 Å². The number of hydrogen-bond acceptors (Lipinski definition) is 3. The summed E-state index contributed by atoms with van der Waals surface area (Å²) in [5, 5.41) is 10.6. The Morgan fingerprint density at radius 2 is 1.94 bits per heavy atom. The van der Waals surface area contributed by atoms with Crippen LogP contribution in [-0.2, 0) is 4.74 Å². The molecule has 0 aromatic carbocycles. The van der Waals surface area contributed by atoms with Crippen LogP contribution in [-0.4, -0.2) is 11.5 Å². The molecule has 0 unspecified atom stereocenters. The van der Waals surface area contributed by atoms with Gasteiger partial charge in [0.25, 0.3) is 0 Å². The van der Waals surface area contributed by atoms with Gasteiger partial charge in [0, 0.05) is 6.92 Å². The van der Waals surface area contributed by atoms with E-state index >= 15 is 0 Å². The zero-order chi connectivity index (χ0) is 13.8. The zero-order valence-electron chi connectivity index (χ0n) is 11.4. The molecule has 0 N–H and O–H groups in total. The van der Waals surface area contributed by atoms with Crippen LogP contribution in [0.2, 0.25) is 0 Å². The van der Waals surface area contributed by atoms with E-state index in [1.807, 2.05) is 20.8 Å². The minimum Gasteiger partial charge on any atom is -0.493 e. The molecule has 0 spiro atoms. The summed E-state index contributed by atoms with van der Waals surface area (Å²) in [7, 11) is 0. The molecule has 98 valence electrons. The van der Waals surface area contributed by atoms with Crippen molar-refractivity contribution in [2.24, 2.45) is 0 Å². The Morgan fingerprint density at radius 1 is 1.41 bits per heavy atom. The largest absolute Gasteiger partial charge is 0.493 e. The average molecular weight is 241 g/mol. The first-order valence-electron chi connectivity index (χ1n) is 5.82. The average Bonchev–Trinajstić information content (AvgIpc) is 2.35. The maximum atomic E-state index is 10.6. The zero-order valence-corrected chi connectivity index (χ0v) is 11.4. The Bertz CT molecular complexity index is 304. The molecule has 0 aromatic rings. The van der Waals surface area contributed by atoms with Gasteiger partial charge in [-0.25, -0.2) is 0 Å². The fourth-order valence-corrected chi connectivity index (χ4v) is 0.916. The number of ether oxygens (including phenoxy) is 1. The lowest BCUT2D eigenvalue weighted by Crippen LogP contribution is -2.03. The topological polar surface area (TPSA) is 52.4 Å². The van der Waals surface area contributed by atoms with Crippen LogP contribution in [0.1, 0.15) is 41.0 Å². The van der Waals surface area contributed by atoms with Crippen molar-refractivity contribution in [2.75, 3.05) is 6.61 Å². The van der Waals surface area contributed by atoms with E-state index in [-0.39, 0.29) is 5.70 Å². The van der Waals surface area contributed by atoms with Gasteiger partial charge in [-0.2, -0.15) is 0 Å². The third kappa shape index (κ3) is 7.33. The van der Waals surface area contributed by atoms with Crippen LogP contribution in [0.25, 0.3) is 0 Å². The Balaban J connectivity index is 0. The van der Waals surface area contributed by atoms with Gasteiger partial charge in [-0.1, -0.05) is 33.4 Å². The first kappa shape index (κ1) is 17.8. The van der Waals surface area contributed by atoms with Crippen LogP contribution in [0.3, 0.4) is 0 Å². The Labute approximate surface area is 104 Å². The molecule has 0 amide bonds. The van der Waals surface area contributed by atoms with Crippen molar-refractivity contribution in [1.29, 1.82) is 0 Å².